The smallest absolute Gasteiger partial charge is 0.336 e. The zero-order valence-electron chi connectivity index (χ0n) is 12.9. The van der Waals surface area contributed by atoms with E-state index in [2.05, 4.69) is 0 Å². The molecule has 0 fully saturated rings. The summed E-state index contributed by atoms with van der Waals surface area (Å²) in [5, 5.41) is 19.7. The molecule has 1 aromatic heterocycles. The van der Waals surface area contributed by atoms with Crippen molar-refractivity contribution in [3.63, 3.8) is 0 Å². The van der Waals surface area contributed by atoms with Gasteiger partial charge < -0.3 is 10.2 Å². The SMILES string of the molecule is CCn1c(O)c(C2=CC(=O)C(=O)C=C2C(=O)O)c(=O)n(CC)c1=S. The Labute approximate surface area is 141 Å². The molecule has 2 rings (SSSR count). The molecule has 1 aliphatic rings. The van der Waals surface area contributed by atoms with Gasteiger partial charge in [-0.3, -0.25) is 23.5 Å². The fourth-order valence-corrected chi connectivity index (χ4v) is 2.86. The number of hydrogen-bond donors (Lipinski definition) is 2. The quantitative estimate of drug-likeness (QED) is 0.465. The Morgan fingerprint density at radius 3 is 2.12 bits per heavy atom. The lowest BCUT2D eigenvalue weighted by Crippen LogP contribution is -2.30. The van der Waals surface area contributed by atoms with Crippen LogP contribution in [0.2, 0.25) is 0 Å². The van der Waals surface area contributed by atoms with Crippen LogP contribution in [-0.4, -0.2) is 36.9 Å². The number of aromatic nitrogens is 2. The fourth-order valence-electron chi connectivity index (χ4n) is 2.43. The first kappa shape index (κ1) is 17.5. The Morgan fingerprint density at radius 2 is 1.62 bits per heavy atom. The van der Waals surface area contributed by atoms with Crippen LogP contribution in [0.4, 0.5) is 0 Å². The van der Waals surface area contributed by atoms with Crippen LogP contribution in [0, 0.1) is 4.77 Å². The van der Waals surface area contributed by atoms with E-state index in [0.29, 0.717) is 6.08 Å². The predicted octanol–water partition coefficient (Wildman–Crippen LogP) is 0.671. The van der Waals surface area contributed by atoms with Crippen molar-refractivity contribution in [1.29, 1.82) is 0 Å². The minimum Gasteiger partial charge on any atom is -0.494 e. The average Bonchev–Trinajstić information content (AvgIpc) is 2.51. The molecule has 0 amide bonds. The van der Waals surface area contributed by atoms with Gasteiger partial charge in [0.1, 0.15) is 5.56 Å². The molecule has 0 atom stereocenters. The molecule has 0 unspecified atom stereocenters. The zero-order valence-corrected chi connectivity index (χ0v) is 13.7. The number of carboxylic acid groups (broad SMARTS) is 1. The van der Waals surface area contributed by atoms with Gasteiger partial charge in [-0.05, 0) is 32.1 Å². The van der Waals surface area contributed by atoms with Gasteiger partial charge in [-0.2, -0.15) is 0 Å². The van der Waals surface area contributed by atoms with Crippen molar-refractivity contribution >= 4 is 35.3 Å². The van der Waals surface area contributed by atoms with Crippen LogP contribution in [0.15, 0.2) is 22.5 Å². The van der Waals surface area contributed by atoms with Crippen molar-refractivity contribution in [3.05, 3.63) is 38.4 Å². The Kier molecular flexibility index (Phi) is 4.65. The van der Waals surface area contributed by atoms with Crippen molar-refractivity contribution in [1.82, 2.24) is 9.13 Å². The Balaban J connectivity index is 2.93. The van der Waals surface area contributed by atoms with Gasteiger partial charge in [0.15, 0.2) is 4.77 Å². The highest BCUT2D eigenvalue weighted by Crippen LogP contribution is 2.30. The summed E-state index contributed by atoms with van der Waals surface area (Å²) >= 11 is 5.14. The second kappa shape index (κ2) is 6.36. The molecule has 0 aliphatic heterocycles. The Bertz CT molecular complexity index is 948. The van der Waals surface area contributed by atoms with E-state index in [1.54, 1.807) is 13.8 Å². The molecule has 0 aromatic carbocycles. The number of allylic oxidation sites excluding steroid dienone is 2. The number of ketones is 2. The van der Waals surface area contributed by atoms with E-state index in [9.17, 15) is 29.4 Å². The second-order valence-corrected chi connectivity index (χ2v) is 5.29. The van der Waals surface area contributed by atoms with Crippen LogP contribution in [0.3, 0.4) is 0 Å². The molecule has 1 aliphatic carbocycles. The van der Waals surface area contributed by atoms with Crippen LogP contribution in [-0.2, 0) is 27.5 Å². The van der Waals surface area contributed by atoms with E-state index in [-0.39, 0.29) is 29.0 Å². The van der Waals surface area contributed by atoms with E-state index in [0.717, 1.165) is 6.08 Å². The standard InChI is InChI=1S/C15H14N2O6S/c1-3-16-12(20)11(13(21)17(4-2)15(16)24)7-5-9(18)10(19)6-8(7)14(22)23/h5-6,20H,3-4H2,1-2H3,(H,22,23). The van der Waals surface area contributed by atoms with Crippen molar-refractivity contribution in [2.24, 2.45) is 0 Å². The molecule has 24 heavy (non-hydrogen) atoms. The largest absolute Gasteiger partial charge is 0.494 e. The highest BCUT2D eigenvalue weighted by atomic mass is 32.1. The summed E-state index contributed by atoms with van der Waals surface area (Å²) in [6, 6.07) is 0. The molecule has 0 saturated carbocycles. The maximum absolute atomic E-state index is 12.6. The lowest BCUT2D eigenvalue weighted by atomic mass is 9.91. The molecule has 0 radical (unpaired) electrons. The molecule has 0 saturated heterocycles. The third kappa shape index (κ3) is 2.62. The number of carbonyl (C=O) groups excluding carboxylic acids is 2. The van der Waals surface area contributed by atoms with Crippen molar-refractivity contribution < 1.29 is 24.6 Å². The molecule has 0 bridgehead atoms. The molecular weight excluding hydrogens is 336 g/mol. The molecule has 126 valence electrons. The number of carboxylic acids is 1. The number of rotatable bonds is 4. The van der Waals surface area contributed by atoms with Crippen molar-refractivity contribution in [2.45, 2.75) is 26.9 Å². The first-order valence-electron chi connectivity index (χ1n) is 7.06. The molecule has 1 heterocycles. The van der Waals surface area contributed by atoms with Crippen molar-refractivity contribution in [2.75, 3.05) is 0 Å². The van der Waals surface area contributed by atoms with Crippen LogP contribution in [0.5, 0.6) is 5.88 Å². The van der Waals surface area contributed by atoms with Crippen molar-refractivity contribution in [3.8, 4) is 5.88 Å². The van der Waals surface area contributed by atoms with E-state index in [1.165, 1.54) is 9.13 Å². The molecule has 0 spiro atoms. The third-order valence-corrected chi connectivity index (χ3v) is 4.06. The molecule has 1 aromatic rings. The van der Waals surface area contributed by atoms with E-state index >= 15 is 0 Å². The zero-order chi connectivity index (χ0) is 18.2. The molecule has 8 nitrogen and oxygen atoms in total. The van der Waals surface area contributed by atoms with Crippen LogP contribution < -0.4 is 5.56 Å². The topological polar surface area (TPSA) is 119 Å². The van der Waals surface area contributed by atoms with E-state index < -0.39 is 34.5 Å². The maximum atomic E-state index is 12.6. The number of nitrogens with zero attached hydrogens (tertiary/aromatic N) is 2. The fraction of sp³-hybridized carbons (Fsp3) is 0.267. The van der Waals surface area contributed by atoms with Gasteiger partial charge in [-0.25, -0.2) is 4.79 Å². The Morgan fingerprint density at radius 1 is 1.08 bits per heavy atom. The monoisotopic (exact) mass is 350 g/mol. The second-order valence-electron chi connectivity index (χ2n) is 4.92. The molecular formula is C15H14N2O6S. The summed E-state index contributed by atoms with van der Waals surface area (Å²) in [4.78, 5) is 47.1. The normalized spacial score (nSPS) is 14.4. The van der Waals surface area contributed by atoms with E-state index in [1.807, 2.05) is 0 Å². The molecule has 9 heteroatoms. The van der Waals surface area contributed by atoms with Gasteiger partial charge >= 0.3 is 5.97 Å². The lowest BCUT2D eigenvalue weighted by molar-refractivity contribution is -0.133. The number of carbonyl (C=O) groups is 3. The van der Waals surface area contributed by atoms with Gasteiger partial charge in [-0.1, -0.05) is 0 Å². The van der Waals surface area contributed by atoms with Gasteiger partial charge in [0.2, 0.25) is 17.4 Å². The lowest BCUT2D eigenvalue weighted by Gasteiger charge is -2.18. The highest BCUT2D eigenvalue weighted by molar-refractivity contribution is 7.71. The summed E-state index contributed by atoms with van der Waals surface area (Å²) in [5.41, 5.74) is -1.95. The van der Waals surface area contributed by atoms with Crippen LogP contribution in [0.25, 0.3) is 5.57 Å². The minimum absolute atomic E-state index is 0.0749. The van der Waals surface area contributed by atoms with Crippen LogP contribution >= 0.6 is 12.2 Å². The summed E-state index contributed by atoms with van der Waals surface area (Å²) in [5.74, 6) is -4.01. The summed E-state index contributed by atoms with van der Waals surface area (Å²) < 4.78 is 2.50. The number of hydrogen-bond acceptors (Lipinski definition) is 6. The summed E-state index contributed by atoms with van der Waals surface area (Å²) in [6.45, 7) is 3.76. The number of aliphatic carboxylic acids is 1. The third-order valence-electron chi connectivity index (χ3n) is 3.62. The summed E-state index contributed by atoms with van der Waals surface area (Å²) in [7, 11) is 0. The number of aromatic hydroxyl groups is 1. The highest BCUT2D eigenvalue weighted by Gasteiger charge is 2.30. The Hall–Kier alpha value is -2.81. The minimum atomic E-state index is -1.49. The average molecular weight is 350 g/mol. The predicted molar refractivity (Wildman–Crippen MR) is 86.2 cm³/mol. The van der Waals surface area contributed by atoms with Crippen LogP contribution in [0.1, 0.15) is 19.4 Å². The summed E-state index contributed by atoms with van der Waals surface area (Å²) in [6.07, 6.45) is 1.40. The first-order valence-corrected chi connectivity index (χ1v) is 7.47. The van der Waals surface area contributed by atoms with Gasteiger partial charge in [0.05, 0.1) is 5.57 Å². The molecule has 2 N–H and O–H groups in total. The van der Waals surface area contributed by atoms with E-state index in [4.69, 9.17) is 12.2 Å². The van der Waals surface area contributed by atoms with Gasteiger partial charge in [-0.15, -0.1) is 0 Å². The maximum Gasteiger partial charge on any atom is 0.336 e. The van der Waals surface area contributed by atoms with Gasteiger partial charge in [0.25, 0.3) is 5.56 Å². The first-order chi connectivity index (χ1) is 11.2. The van der Waals surface area contributed by atoms with Gasteiger partial charge in [0, 0.05) is 24.7 Å².